The molecule has 1 saturated heterocycles. The molecule has 7 nitrogen and oxygen atoms in total. The van der Waals surface area contributed by atoms with E-state index in [1.807, 2.05) is 97.9 Å². The van der Waals surface area contributed by atoms with Crippen molar-refractivity contribution < 1.29 is 29.6 Å². The van der Waals surface area contributed by atoms with Gasteiger partial charge in [-0.1, -0.05) is 91.9 Å². The molecule has 47 heavy (non-hydrogen) atoms. The molecule has 242 valence electrons. The largest absolute Gasteiger partial charge is 0.507 e. The summed E-state index contributed by atoms with van der Waals surface area (Å²) in [5.74, 6) is -1.58. The lowest BCUT2D eigenvalue weighted by molar-refractivity contribution is -0.140. The number of aliphatic hydroxyl groups excluding tert-OH is 2. The van der Waals surface area contributed by atoms with E-state index < -0.39 is 23.9 Å². The highest BCUT2D eigenvalue weighted by molar-refractivity contribution is 6.06. The number of hydrogen-bond donors (Lipinski definition) is 3. The van der Waals surface area contributed by atoms with E-state index in [-0.39, 0.29) is 30.8 Å². The summed E-state index contributed by atoms with van der Waals surface area (Å²) in [6.45, 7) is 2.06. The lowest BCUT2D eigenvalue weighted by Gasteiger charge is -2.36. The third-order valence-corrected chi connectivity index (χ3v) is 9.53. The topological polar surface area (TPSA) is 107 Å². The van der Waals surface area contributed by atoms with Gasteiger partial charge in [0, 0.05) is 17.8 Å². The molecule has 0 saturated carbocycles. The van der Waals surface area contributed by atoms with E-state index in [2.05, 4.69) is 6.08 Å². The predicted octanol–water partition coefficient (Wildman–Crippen LogP) is 6.63. The number of nitrogens with zero attached hydrogens (tertiary/aromatic N) is 1. The smallest absolute Gasteiger partial charge is 0.233 e. The molecule has 0 bridgehead atoms. The maximum Gasteiger partial charge on any atom is 0.233 e. The fraction of sp³-hybridized carbons (Fsp3) is 0.300. The van der Waals surface area contributed by atoms with Gasteiger partial charge in [0.15, 0.2) is 0 Å². The number of hydrogen-bond acceptors (Lipinski definition) is 6. The number of para-hydroxylation sites is 1. The van der Waals surface area contributed by atoms with Crippen LogP contribution in [0.15, 0.2) is 108 Å². The molecule has 1 aliphatic heterocycles. The number of phenols is 1. The average Bonchev–Trinajstić information content (AvgIpc) is 3.34. The molecular weight excluding hydrogens is 590 g/mol. The Morgan fingerprint density at radius 2 is 1.60 bits per heavy atom. The highest BCUT2D eigenvalue weighted by Gasteiger charge is 2.54. The molecule has 4 atom stereocenters. The van der Waals surface area contributed by atoms with Gasteiger partial charge in [0.1, 0.15) is 18.1 Å². The van der Waals surface area contributed by atoms with Crippen molar-refractivity contribution in [3.63, 3.8) is 0 Å². The van der Waals surface area contributed by atoms with Crippen LogP contribution in [0.5, 0.6) is 11.5 Å². The molecule has 2 aliphatic rings. The van der Waals surface area contributed by atoms with Gasteiger partial charge >= 0.3 is 0 Å². The first-order chi connectivity index (χ1) is 22.9. The van der Waals surface area contributed by atoms with Crippen molar-refractivity contribution in [2.24, 2.45) is 17.8 Å². The lowest BCUT2D eigenvalue weighted by Crippen LogP contribution is -2.40. The second-order valence-corrected chi connectivity index (χ2v) is 12.4. The molecule has 0 spiro atoms. The number of benzene rings is 4. The van der Waals surface area contributed by atoms with E-state index in [0.29, 0.717) is 43.6 Å². The predicted molar refractivity (Wildman–Crippen MR) is 183 cm³/mol. The second-order valence-electron chi connectivity index (χ2n) is 12.4. The Labute approximate surface area is 275 Å². The monoisotopic (exact) mass is 631 g/mol. The van der Waals surface area contributed by atoms with E-state index in [9.17, 15) is 24.9 Å². The van der Waals surface area contributed by atoms with Crippen molar-refractivity contribution in [3.8, 4) is 11.5 Å². The van der Waals surface area contributed by atoms with Crippen molar-refractivity contribution >= 4 is 34.2 Å². The number of rotatable bonds is 12. The summed E-state index contributed by atoms with van der Waals surface area (Å²) in [5.41, 5.74) is 4.32. The summed E-state index contributed by atoms with van der Waals surface area (Å²) < 4.78 is 6.14. The molecule has 1 fully saturated rings. The highest BCUT2D eigenvalue weighted by atomic mass is 16.5. The van der Waals surface area contributed by atoms with Gasteiger partial charge in [-0.25, -0.2) is 0 Å². The van der Waals surface area contributed by atoms with Crippen LogP contribution < -0.4 is 4.74 Å². The molecular formula is C40H41NO6. The number of amides is 2. The number of phenolic OH excluding ortho intramolecular Hbond substituents is 1. The summed E-state index contributed by atoms with van der Waals surface area (Å²) in [4.78, 5) is 28.3. The molecule has 6 rings (SSSR count). The van der Waals surface area contributed by atoms with E-state index >= 15 is 0 Å². The first kappa shape index (κ1) is 32.2. The van der Waals surface area contributed by atoms with Crippen LogP contribution in [0.1, 0.15) is 43.7 Å². The highest BCUT2D eigenvalue weighted by Crippen LogP contribution is 2.46. The summed E-state index contributed by atoms with van der Waals surface area (Å²) in [7, 11) is 0. The Balaban J connectivity index is 1.35. The standard InChI is InChI=1S/C40H41NO6/c1-2-21-41-39(45)33-23-29(25-47-30-13-7-4-8-14-30)37(34(24-42)38(33)40(41)46)36(44)20-17-27(26-11-5-3-6-12-26)22-28-18-19-35(43)32-16-10-9-15-31(28)32/h3-16,18-19,22,33-34,36,38,42-44H,2,17,20-21,23-25H2,1H3/b27-22-/t33-,34+,36-,38-/m1/s1. The Hall–Kier alpha value is -4.72. The van der Waals surface area contributed by atoms with Gasteiger partial charge in [0.25, 0.3) is 0 Å². The molecule has 1 aliphatic carbocycles. The molecule has 1 heterocycles. The summed E-state index contributed by atoms with van der Waals surface area (Å²) in [5, 5.41) is 34.9. The minimum atomic E-state index is -0.978. The zero-order valence-electron chi connectivity index (χ0n) is 26.6. The minimum absolute atomic E-state index is 0.145. The van der Waals surface area contributed by atoms with Crippen LogP contribution >= 0.6 is 0 Å². The number of aliphatic hydroxyl groups is 2. The molecule has 2 amide bonds. The first-order valence-corrected chi connectivity index (χ1v) is 16.4. The number of imide groups is 1. The van der Waals surface area contributed by atoms with Crippen molar-refractivity contribution in [3.05, 3.63) is 119 Å². The van der Waals surface area contributed by atoms with E-state index in [4.69, 9.17) is 4.74 Å². The summed E-state index contributed by atoms with van der Waals surface area (Å²) >= 11 is 0. The molecule has 4 aromatic carbocycles. The van der Waals surface area contributed by atoms with Gasteiger partial charge in [0.05, 0.1) is 24.5 Å². The Kier molecular flexibility index (Phi) is 9.85. The number of carbonyl (C=O) groups is 2. The van der Waals surface area contributed by atoms with Gasteiger partial charge in [0.2, 0.25) is 11.8 Å². The van der Waals surface area contributed by atoms with Crippen LogP contribution in [0.4, 0.5) is 0 Å². The molecule has 0 radical (unpaired) electrons. The van der Waals surface area contributed by atoms with Crippen LogP contribution in [0.2, 0.25) is 0 Å². The van der Waals surface area contributed by atoms with Crippen LogP contribution in [0.25, 0.3) is 22.4 Å². The van der Waals surface area contributed by atoms with Crippen LogP contribution in [-0.4, -0.2) is 57.9 Å². The van der Waals surface area contributed by atoms with Crippen molar-refractivity contribution in [2.45, 2.75) is 38.7 Å². The normalized spacial score (nSPS) is 20.5. The molecule has 7 heteroatoms. The van der Waals surface area contributed by atoms with E-state index in [1.165, 1.54) is 4.90 Å². The number of aromatic hydroxyl groups is 1. The molecule has 0 unspecified atom stereocenters. The van der Waals surface area contributed by atoms with Crippen molar-refractivity contribution in [1.29, 1.82) is 0 Å². The number of fused-ring (bicyclic) bond motifs is 2. The van der Waals surface area contributed by atoms with Crippen molar-refractivity contribution in [1.82, 2.24) is 4.90 Å². The molecule has 0 aromatic heterocycles. The summed E-state index contributed by atoms with van der Waals surface area (Å²) in [6.07, 6.45) is 2.90. The fourth-order valence-corrected chi connectivity index (χ4v) is 7.31. The molecule has 4 aromatic rings. The minimum Gasteiger partial charge on any atom is -0.507 e. The zero-order chi connectivity index (χ0) is 32.9. The van der Waals surface area contributed by atoms with Gasteiger partial charge in [-0.3, -0.25) is 14.5 Å². The average molecular weight is 632 g/mol. The number of likely N-dealkylation sites (tertiary alicyclic amines) is 1. The number of carbonyl (C=O) groups excluding carboxylic acids is 2. The van der Waals surface area contributed by atoms with Gasteiger partial charge < -0.3 is 20.1 Å². The first-order valence-electron chi connectivity index (χ1n) is 16.4. The Morgan fingerprint density at radius 3 is 2.30 bits per heavy atom. The Bertz CT molecular complexity index is 1800. The second kappa shape index (κ2) is 14.4. The van der Waals surface area contributed by atoms with Gasteiger partial charge in [-0.15, -0.1) is 0 Å². The third-order valence-electron chi connectivity index (χ3n) is 9.53. The van der Waals surface area contributed by atoms with E-state index in [1.54, 1.807) is 6.07 Å². The maximum absolute atomic E-state index is 13.6. The lowest BCUT2D eigenvalue weighted by atomic mass is 9.68. The fourth-order valence-electron chi connectivity index (χ4n) is 7.31. The SMILES string of the molecule is CCCN1C(=O)[C@@H]2[C@@H](CC(COc3ccccc3)=C([C@H](O)CC/C(=C/c3ccc(O)c4ccccc34)c3ccccc3)[C@@H]2CO)C1=O. The van der Waals surface area contributed by atoms with Gasteiger partial charge in [-0.2, -0.15) is 0 Å². The summed E-state index contributed by atoms with van der Waals surface area (Å²) in [6, 6.07) is 30.6. The maximum atomic E-state index is 13.6. The van der Waals surface area contributed by atoms with Crippen LogP contribution in [0, 0.1) is 17.8 Å². The number of ether oxygens (including phenoxy) is 1. The van der Waals surface area contributed by atoms with Crippen LogP contribution in [0.3, 0.4) is 0 Å². The third kappa shape index (κ3) is 6.59. The van der Waals surface area contributed by atoms with E-state index in [0.717, 1.165) is 33.0 Å². The Morgan fingerprint density at radius 1 is 0.915 bits per heavy atom. The molecule has 3 N–H and O–H groups in total. The van der Waals surface area contributed by atoms with Crippen LogP contribution in [-0.2, 0) is 9.59 Å². The van der Waals surface area contributed by atoms with Gasteiger partial charge in [-0.05, 0) is 77.1 Å². The number of allylic oxidation sites excluding steroid dienone is 1. The van der Waals surface area contributed by atoms with Crippen molar-refractivity contribution in [2.75, 3.05) is 19.8 Å². The quantitative estimate of drug-likeness (QED) is 0.0921. The zero-order valence-corrected chi connectivity index (χ0v) is 26.6.